The predicted molar refractivity (Wildman–Crippen MR) is 132 cm³/mol. The van der Waals surface area contributed by atoms with E-state index in [0.29, 0.717) is 49.5 Å². The number of piperazine rings is 1. The Morgan fingerprint density at radius 2 is 1.53 bits per heavy atom. The summed E-state index contributed by atoms with van der Waals surface area (Å²) in [6, 6.07) is 19.3. The molecule has 7 nitrogen and oxygen atoms in total. The maximum Gasteiger partial charge on any atom is 0.254 e. The molecule has 0 N–H and O–H groups in total. The highest BCUT2D eigenvalue weighted by Crippen LogP contribution is 2.26. The number of rotatable bonds is 4. The fraction of sp³-hybridized carbons (Fsp3) is 0.259. The lowest BCUT2D eigenvalue weighted by molar-refractivity contribution is 0.0536. The van der Waals surface area contributed by atoms with Gasteiger partial charge in [0.25, 0.3) is 11.8 Å². The second-order valence-corrected chi connectivity index (χ2v) is 8.57. The SMILES string of the molecule is CCn1ncc2c(C(=O)N3CCN(C(=O)c4ccc(C)cc4)CC3)cc(-c3ccccc3)nc21. The van der Waals surface area contributed by atoms with Gasteiger partial charge in [0.1, 0.15) is 0 Å². The van der Waals surface area contributed by atoms with E-state index >= 15 is 0 Å². The number of benzene rings is 2. The summed E-state index contributed by atoms with van der Waals surface area (Å²) in [6.45, 7) is 6.67. The Morgan fingerprint density at radius 1 is 0.882 bits per heavy atom. The molecule has 1 fully saturated rings. The minimum Gasteiger partial charge on any atom is -0.335 e. The molecule has 2 amide bonds. The van der Waals surface area contributed by atoms with Gasteiger partial charge in [0.15, 0.2) is 5.65 Å². The van der Waals surface area contributed by atoms with Crippen LogP contribution in [0, 0.1) is 6.92 Å². The Hall–Kier alpha value is -4.00. The molecule has 0 atom stereocenters. The van der Waals surface area contributed by atoms with E-state index in [1.807, 2.05) is 89.0 Å². The number of carbonyl (C=O) groups excluding carboxylic acids is 2. The zero-order chi connectivity index (χ0) is 23.7. The molecule has 5 rings (SSSR count). The Labute approximate surface area is 198 Å². The number of hydrogen-bond acceptors (Lipinski definition) is 4. The smallest absolute Gasteiger partial charge is 0.254 e. The van der Waals surface area contributed by atoms with Gasteiger partial charge in [0.05, 0.1) is 22.8 Å². The fourth-order valence-corrected chi connectivity index (χ4v) is 4.37. The molecule has 0 spiro atoms. The first-order valence-corrected chi connectivity index (χ1v) is 11.6. The Kier molecular flexibility index (Phi) is 5.84. The first kappa shape index (κ1) is 21.8. The number of nitrogens with zero attached hydrogens (tertiary/aromatic N) is 5. The average molecular weight is 454 g/mol. The van der Waals surface area contributed by atoms with Gasteiger partial charge in [0, 0.05) is 43.9 Å². The third-order valence-electron chi connectivity index (χ3n) is 6.36. The van der Waals surface area contributed by atoms with Crippen LogP contribution in [0.2, 0.25) is 0 Å². The van der Waals surface area contributed by atoms with E-state index < -0.39 is 0 Å². The van der Waals surface area contributed by atoms with Gasteiger partial charge in [-0.1, -0.05) is 48.0 Å². The summed E-state index contributed by atoms with van der Waals surface area (Å²) in [5.74, 6) is -0.0448. The van der Waals surface area contributed by atoms with E-state index in [9.17, 15) is 9.59 Å². The van der Waals surface area contributed by atoms with Gasteiger partial charge in [-0.25, -0.2) is 9.67 Å². The third kappa shape index (κ3) is 4.05. The number of hydrogen-bond donors (Lipinski definition) is 0. The summed E-state index contributed by atoms with van der Waals surface area (Å²) in [5.41, 5.74) is 4.82. The van der Waals surface area contributed by atoms with Gasteiger partial charge >= 0.3 is 0 Å². The van der Waals surface area contributed by atoms with Crippen molar-refractivity contribution in [3.8, 4) is 11.3 Å². The normalized spacial score (nSPS) is 13.9. The molecule has 0 unspecified atom stereocenters. The first-order chi connectivity index (χ1) is 16.5. The highest BCUT2D eigenvalue weighted by atomic mass is 16.2. The Balaban J connectivity index is 1.40. The molecule has 172 valence electrons. The van der Waals surface area contributed by atoms with E-state index in [0.717, 1.165) is 22.2 Å². The van der Waals surface area contributed by atoms with Crippen molar-refractivity contribution in [1.82, 2.24) is 24.6 Å². The van der Waals surface area contributed by atoms with Gasteiger partial charge in [-0.05, 0) is 32.0 Å². The maximum atomic E-state index is 13.6. The number of aromatic nitrogens is 3. The molecule has 1 aliphatic rings. The summed E-state index contributed by atoms with van der Waals surface area (Å²) in [4.78, 5) is 35.0. The van der Waals surface area contributed by atoms with Gasteiger partial charge < -0.3 is 9.80 Å². The van der Waals surface area contributed by atoms with Crippen molar-refractivity contribution in [3.05, 3.63) is 83.6 Å². The van der Waals surface area contributed by atoms with Crippen molar-refractivity contribution in [2.24, 2.45) is 0 Å². The van der Waals surface area contributed by atoms with Crippen LogP contribution in [-0.4, -0.2) is 62.6 Å². The van der Waals surface area contributed by atoms with E-state index in [1.54, 1.807) is 6.20 Å². The molecule has 1 saturated heterocycles. The topological polar surface area (TPSA) is 71.3 Å². The van der Waals surface area contributed by atoms with Crippen molar-refractivity contribution in [1.29, 1.82) is 0 Å². The molecule has 2 aromatic carbocycles. The van der Waals surface area contributed by atoms with Gasteiger partial charge in [-0.15, -0.1) is 0 Å². The molecule has 4 aromatic rings. The van der Waals surface area contributed by atoms with Crippen LogP contribution in [0.1, 0.15) is 33.2 Å². The largest absolute Gasteiger partial charge is 0.335 e. The van der Waals surface area contributed by atoms with Crippen LogP contribution in [0.25, 0.3) is 22.3 Å². The molecule has 1 aliphatic heterocycles. The van der Waals surface area contributed by atoms with Crippen LogP contribution >= 0.6 is 0 Å². The maximum absolute atomic E-state index is 13.6. The van der Waals surface area contributed by atoms with Crippen LogP contribution in [0.5, 0.6) is 0 Å². The molecule has 2 aromatic heterocycles. The van der Waals surface area contributed by atoms with Crippen LogP contribution in [0.4, 0.5) is 0 Å². The van der Waals surface area contributed by atoms with E-state index in [4.69, 9.17) is 4.98 Å². The number of aryl methyl sites for hydroxylation is 2. The predicted octanol–water partition coefficient (Wildman–Crippen LogP) is 4.02. The second kappa shape index (κ2) is 9.09. The lowest BCUT2D eigenvalue weighted by atomic mass is 10.1. The van der Waals surface area contributed by atoms with Crippen LogP contribution < -0.4 is 0 Å². The number of amides is 2. The molecule has 0 bridgehead atoms. The molecule has 0 saturated carbocycles. The number of carbonyl (C=O) groups is 2. The summed E-state index contributed by atoms with van der Waals surface area (Å²) in [5, 5.41) is 5.20. The van der Waals surface area contributed by atoms with E-state index in [-0.39, 0.29) is 11.8 Å². The average Bonchev–Trinajstić information content (AvgIpc) is 3.31. The molecule has 34 heavy (non-hydrogen) atoms. The molecular formula is C27H27N5O2. The van der Waals surface area contributed by atoms with Crippen molar-refractivity contribution in [2.75, 3.05) is 26.2 Å². The number of pyridine rings is 1. The van der Waals surface area contributed by atoms with Gasteiger partial charge in [-0.3, -0.25) is 9.59 Å². The van der Waals surface area contributed by atoms with E-state index in [2.05, 4.69) is 5.10 Å². The second-order valence-electron chi connectivity index (χ2n) is 8.57. The summed E-state index contributed by atoms with van der Waals surface area (Å²) in [7, 11) is 0. The summed E-state index contributed by atoms with van der Waals surface area (Å²) >= 11 is 0. The Morgan fingerprint density at radius 3 is 2.18 bits per heavy atom. The third-order valence-corrected chi connectivity index (χ3v) is 6.36. The first-order valence-electron chi connectivity index (χ1n) is 11.6. The highest BCUT2D eigenvalue weighted by Gasteiger charge is 2.27. The molecule has 7 heteroatoms. The van der Waals surface area contributed by atoms with Crippen LogP contribution in [0.3, 0.4) is 0 Å². The van der Waals surface area contributed by atoms with Gasteiger partial charge in [0.2, 0.25) is 0 Å². The monoisotopic (exact) mass is 453 g/mol. The van der Waals surface area contributed by atoms with Crippen molar-refractivity contribution in [3.63, 3.8) is 0 Å². The zero-order valence-electron chi connectivity index (χ0n) is 19.4. The lowest BCUT2D eigenvalue weighted by Gasteiger charge is -2.35. The van der Waals surface area contributed by atoms with Gasteiger partial charge in [-0.2, -0.15) is 5.10 Å². The zero-order valence-corrected chi connectivity index (χ0v) is 19.4. The Bertz CT molecular complexity index is 1340. The lowest BCUT2D eigenvalue weighted by Crippen LogP contribution is -2.50. The fourth-order valence-electron chi connectivity index (χ4n) is 4.37. The molecular weight excluding hydrogens is 426 g/mol. The van der Waals surface area contributed by atoms with Crippen LogP contribution in [0.15, 0.2) is 66.9 Å². The standard InChI is InChI=1S/C27H27N5O2/c1-3-32-25-23(18-28-32)22(17-24(29-25)20-7-5-4-6-8-20)27(34)31-15-13-30(14-16-31)26(33)21-11-9-19(2)10-12-21/h4-12,17-18H,3,13-16H2,1-2H3. The minimum absolute atomic E-state index is 0.00832. The summed E-state index contributed by atoms with van der Waals surface area (Å²) < 4.78 is 1.82. The quantitative estimate of drug-likeness (QED) is 0.468. The van der Waals surface area contributed by atoms with E-state index in [1.165, 1.54) is 0 Å². The number of fused-ring (bicyclic) bond motifs is 1. The van der Waals surface area contributed by atoms with Crippen molar-refractivity contribution < 1.29 is 9.59 Å². The summed E-state index contributed by atoms with van der Waals surface area (Å²) in [6.07, 6.45) is 1.73. The highest BCUT2D eigenvalue weighted by molar-refractivity contribution is 6.06. The van der Waals surface area contributed by atoms with Crippen LogP contribution in [-0.2, 0) is 6.54 Å². The molecule has 3 heterocycles. The molecule has 0 aliphatic carbocycles. The minimum atomic E-state index is -0.0531. The molecule has 0 radical (unpaired) electrons. The van der Waals surface area contributed by atoms with Crippen molar-refractivity contribution >= 4 is 22.8 Å². The van der Waals surface area contributed by atoms with Crippen molar-refractivity contribution in [2.45, 2.75) is 20.4 Å².